The summed E-state index contributed by atoms with van der Waals surface area (Å²) in [5.74, 6) is 0. The molecule has 0 amide bonds. The van der Waals surface area contributed by atoms with Gasteiger partial charge in [0, 0.05) is 0 Å². The summed E-state index contributed by atoms with van der Waals surface area (Å²) in [5.41, 5.74) is 4.78. The Kier molecular flexibility index (Phi) is 3.03. The summed E-state index contributed by atoms with van der Waals surface area (Å²) in [7, 11) is 0. The third kappa shape index (κ3) is 2.25. The van der Waals surface area contributed by atoms with Crippen molar-refractivity contribution in [1.82, 2.24) is 0 Å². The lowest BCUT2D eigenvalue weighted by Crippen LogP contribution is -2.00. The van der Waals surface area contributed by atoms with Gasteiger partial charge in [0.05, 0.1) is 0 Å². The zero-order valence-electron chi connectivity index (χ0n) is 8.92. The van der Waals surface area contributed by atoms with Crippen LogP contribution in [0.25, 0.3) is 0 Å². The van der Waals surface area contributed by atoms with Gasteiger partial charge < -0.3 is 0 Å². The third-order valence-electron chi connectivity index (χ3n) is 3.14. The monoisotopic (exact) mass is 186 g/mol. The molecule has 0 saturated carbocycles. The van der Waals surface area contributed by atoms with Crippen molar-refractivity contribution in [2.45, 2.75) is 39.0 Å². The highest BCUT2D eigenvalue weighted by molar-refractivity contribution is 5.25. The fourth-order valence-corrected chi connectivity index (χ4v) is 2.20. The second kappa shape index (κ2) is 4.45. The molecule has 0 unspecified atom stereocenters. The van der Waals surface area contributed by atoms with Crippen LogP contribution in [0.4, 0.5) is 0 Å². The number of benzene rings is 1. The van der Waals surface area contributed by atoms with Crippen LogP contribution in [0.3, 0.4) is 0 Å². The van der Waals surface area contributed by atoms with Gasteiger partial charge in [-0.2, -0.15) is 0 Å². The van der Waals surface area contributed by atoms with Gasteiger partial charge in [0.1, 0.15) is 0 Å². The standard InChI is InChI=1S/C14H18/c1-12-7-5-6-10-14(12)11-13-8-3-2-4-9-13/h2-4,8-9H,5-7,10-11H2,1H3. The summed E-state index contributed by atoms with van der Waals surface area (Å²) in [6.07, 6.45) is 6.60. The topological polar surface area (TPSA) is 0 Å². The van der Waals surface area contributed by atoms with Gasteiger partial charge in [0.2, 0.25) is 0 Å². The first-order chi connectivity index (χ1) is 6.86. The molecule has 1 aliphatic rings. The predicted octanol–water partition coefficient (Wildman–Crippen LogP) is 4.12. The molecule has 0 saturated heterocycles. The number of rotatable bonds is 2. The third-order valence-corrected chi connectivity index (χ3v) is 3.14. The smallest absolute Gasteiger partial charge is 0.00645 e. The van der Waals surface area contributed by atoms with Crippen molar-refractivity contribution in [1.29, 1.82) is 0 Å². The van der Waals surface area contributed by atoms with Crippen molar-refractivity contribution in [2.24, 2.45) is 0 Å². The van der Waals surface area contributed by atoms with Crippen molar-refractivity contribution < 1.29 is 0 Å². The molecular weight excluding hydrogens is 168 g/mol. The van der Waals surface area contributed by atoms with Crippen LogP contribution in [-0.2, 0) is 6.42 Å². The first-order valence-corrected chi connectivity index (χ1v) is 5.57. The fourth-order valence-electron chi connectivity index (χ4n) is 2.20. The summed E-state index contributed by atoms with van der Waals surface area (Å²) in [5, 5.41) is 0. The lowest BCUT2D eigenvalue weighted by atomic mass is 9.89. The van der Waals surface area contributed by atoms with Gasteiger partial charge >= 0.3 is 0 Å². The van der Waals surface area contributed by atoms with Crippen LogP contribution in [0, 0.1) is 0 Å². The lowest BCUT2D eigenvalue weighted by molar-refractivity contribution is 0.660. The predicted molar refractivity (Wildman–Crippen MR) is 61.3 cm³/mol. The van der Waals surface area contributed by atoms with Crippen LogP contribution in [0.5, 0.6) is 0 Å². The Morgan fingerprint density at radius 2 is 1.71 bits per heavy atom. The van der Waals surface area contributed by atoms with E-state index in [1.807, 2.05) is 0 Å². The van der Waals surface area contributed by atoms with Crippen molar-refractivity contribution in [3.8, 4) is 0 Å². The average Bonchev–Trinajstić information content (AvgIpc) is 2.23. The van der Waals surface area contributed by atoms with Crippen LogP contribution < -0.4 is 0 Å². The minimum atomic E-state index is 1.17. The number of hydrogen-bond donors (Lipinski definition) is 0. The Morgan fingerprint density at radius 1 is 1.00 bits per heavy atom. The first kappa shape index (κ1) is 9.51. The van der Waals surface area contributed by atoms with Gasteiger partial charge in [-0.1, -0.05) is 41.5 Å². The normalized spacial score (nSPS) is 17.2. The Bertz CT molecular complexity index is 319. The highest BCUT2D eigenvalue weighted by Gasteiger charge is 2.09. The number of hydrogen-bond acceptors (Lipinski definition) is 0. The molecule has 1 aromatic carbocycles. The molecule has 0 bridgehead atoms. The van der Waals surface area contributed by atoms with Crippen molar-refractivity contribution >= 4 is 0 Å². The van der Waals surface area contributed by atoms with Gasteiger partial charge in [-0.15, -0.1) is 0 Å². The quantitative estimate of drug-likeness (QED) is 0.609. The van der Waals surface area contributed by atoms with Crippen molar-refractivity contribution in [3.63, 3.8) is 0 Å². The van der Waals surface area contributed by atoms with E-state index in [9.17, 15) is 0 Å². The SMILES string of the molecule is CC1=C(Cc2ccccc2)CCCC1. The van der Waals surface area contributed by atoms with E-state index in [4.69, 9.17) is 0 Å². The molecule has 1 aliphatic carbocycles. The molecule has 0 nitrogen and oxygen atoms in total. The first-order valence-electron chi connectivity index (χ1n) is 5.57. The Labute approximate surface area is 86.7 Å². The maximum absolute atomic E-state index is 2.30. The van der Waals surface area contributed by atoms with E-state index in [0.717, 1.165) is 0 Å². The van der Waals surface area contributed by atoms with Crippen LogP contribution in [-0.4, -0.2) is 0 Å². The summed E-state index contributed by atoms with van der Waals surface area (Å²) < 4.78 is 0. The van der Waals surface area contributed by atoms with Crippen LogP contribution in [0.2, 0.25) is 0 Å². The average molecular weight is 186 g/mol. The molecule has 0 atom stereocenters. The van der Waals surface area contributed by atoms with Crippen LogP contribution >= 0.6 is 0 Å². The molecule has 14 heavy (non-hydrogen) atoms. The van der Waals surface area contributed by atoms with E-state index >= 15 is 0 Å². The van der Waals surface area contributed by atoms with E-state index < -0.39 is 0 Å². The Hall–Kier alpha value is -1.04. The minimum Gasteiger partial charge on any atom is -0.0738 e. The Balaban J connectivity index is 2.10. The lowest BCUT2D eigenvalue weighted by Gasteiger charge is -2.17. The molecular formula is C14H18. The van der Waals surface area contributed by atoms with E-state index in [1.54, 1.807) is 11.1 Å². The molecule has 0 heteroatoms. The minimum absolute atomic E-state index is 1.17. The van der Waals surface area contributed by atoms with Crippen LogP contribution in [0.1, 0.15) is 38.2 Å². The molecule has 0 N–H and O–H groups in total. The molecule has 0 radical (unpaired) electrons. The maximum atomic E-state index is 2.30. The van der Waals surface area contributed by atoms with Gasteiger partial charge in [-0.25, -0.2) is 0 Å². The fraction of sp³-hybridized carbons (Fsp3) is 0.429. The molecule has 0 aliphatic heterocycles. The molecule has 74 valence electrons. The zero-order valence-corrected chi connectivity index (χ0v) is 8.92. The van der Waals surface area contributed by atoms with Gasteiger partial charge in [-0.3, -0.25) is 0 Å². The van der Waals surface area contributed by atoms with E-state index in [0.29, 0.717) is 0 Å². The van der Waals surface area contributed by atoms with E-state index in [1.165, 1.54) is 37.7 Å². The van der Waals surface area contributed by atoms with E-state index in [-0.39, 0.29) is 0 Å². The summed E-state index contributed by atoms with van der Waals surface area (Å²) in [6.45, 7) is 2.30. The molecule has 0 fully saturated rings. The largest absolute Gasteiger partial charge is 0.0738 e. The zero-order chi connectivity index (χ0) is 9.80. The molecule has 0 aromatic heterocycles. The molecule has 0 spiro atoms. The van der Waals surface area contributed by atoms with Crippen molar-refractivity contribution in [3.05, 3.63) is 47.0 Å². The highest BCUT2D eigenvalue weighted by Crippen LogP contribution is 2.26. The second-order valence-corrected chi connectivity index (χ2v) is 4.25. The van der Waals surface area contributed by atoms with Gasteiger partial charge in [0.25, 0.3) is 0 Å². The summed E-state index contributed by atoms with van der Waals surface area (Å²) in [4.78, 5) is 0. The Morgan fingerprint density at radius 3 is 2.43 bits per heavy atom. The number of allylic oxidation sites excluding steroid dienone is 2. The van der Waals surface area contributed by atoms with Gasteiger partial charge in [0.15, 0.2) is 0 Å². The van der Waals surface area contributed by atoms with E-state index in [2.05, 4.69) is 37.3 Å². The molecule has 1 aromatic rings. The summed E-state index contributed by atoms with van der Waals surface area (Å²) >= 11 is 0. The highest BCUT2D eigenvalue weighted by atomic mass is 14.1. The molecule has 0 heterocycles. The molecule has 2 rings (SSSR count). The van der Waals surface area contributed by atoms with Crippen molar-refractivity contribution in [2.75, 3.05) is 0 Å². The van der Waals surface area contributed by atoms with Gasteiger partial charge in [-0.05, 0) is 44.6 Å². The maximum Gasteiger partial charge on any atom is -0.00645 e. The summed E-state index contributed by atoms with van der Waals surface area (Å²) in [6, 6.07) is 10.8. The second-order valence-electron chi connectivity index (χ2n) is 4.25. The van der Waals surface area contributed by atoms with Crippen LogP contribution in [0.15, 0.2) is 41.5 Å².